The fraction of sp³-hybridized carbons (Fsp3) is 0.250. The van der Waals surface area contributed by atoms with Crippen molar-refractivity contribution in [2.75, 3.05) is 18.9 Å². The Balaban J connectivity index is 1.42. The molecule has 0 bridgehead atoms. The van der Waals surface area contributed by atoms with E-state index in [9.17, 15) is 13.6 Å². The van der Waals surface area contributed by atoms with Crippen LogP contribution in [0, 0.1) is 11.8 Å². The Morgan fingerprint density at radius 2 is 2.17 bits per heavy atom. The lowest BCUT2D eigenvalue weighted by Gasteiger charge is -2.17. The molecule has 1 amide bonds. The molecule has 5 rings (SSSR count). The fourth-order valence-electron chi connectivity index (χ4n) is 3.97. The lowest BCUT2D eigenvalue weighted by Crippen LogP contribution is -2.17. The molecule has 1 fully saturated rings. The third kappa shape index (κ3) is 2.94. The molecule has 4 aromatic rings. The number of nitrogens with one attached hydrogen (secondary N) is 3. The number of nitrogens with zero attached hydrogens (tertiary/aromatic N) is 3. The molecule has 148 valence electrons. The van der Waals surface area contributed by atoms with E-state index < -0.39 is 17.7 Å². The highest BCUT2D eigenvalue weighted by Crippen LogP contribution is 2.32. The molecule has 0 aliphatic carbocycles. The van der Waals surface area contributed by atoms with Gasteiger partial charge in [0.05, 0.1) is 33.9 Å². The van der Waals surface area contributed by atoms with Crippen LogP contribution in [0.1, 0.15) is 34.9 Å². The molecule has 9 heteroatoms. The average Bonchev–Trinajstić information content (AvgIpc) is 3.40. The molecule has 3 N–H and O–H groups in total. The van der Waals surface area contributed by atoms with Crippen molar-refractivity contribution in [3.05, 3.63) is 53.5 Å². The number of halogens is 2. The number of fused-ring (bicyclic) bond motifs is 2. The van der Waals surface area contributed by atoms with E-state index in [-0.39, 0.29) is 16.5 Å². The molecule has 0 radical (unpaired) electrons. The van der Waals surface area contributed by atoms with Gasteiger partial charge in [0.25, 0.3) is 5.91 Å². The number of anilines is 1. The SMILES string of the molecule is CN1CCC[C@@H]1c1cc2ncc(NC(=O)c3ccc4c(F)[nH]nc4c3F)cc2[nH]1. The predicted molar refractivity (Wildman–Crippen MR) is 105 cm³/mol. The number of aromatic amines is 2. The van der Waals surface area contributed by atoms with Crippen LogP contribution in [-0.4, -0.2) is 44.6 Å². The molecular weight excluding hydrogens is 378 g/mol. The van der Waals surface area contributed by atoms with Crippen molar-refractivity contribution in [1.82, 2.24) is 25.1 Å². The first-order valence-corrected chi connectivity index (χ1v) is 9.33. The number of aromatic nitrogens is 4. The minimum absolute atomic E-state index is 0.00191. The van der Waals surface area contributed by atoms with E-state index in [0.717, 1.165) is 36.1 Å². The molecule has 1 aliphatic heterocycles. The number of hydrogen-bond acceptors (Lipinski definition) is 4. The molecule has 4 heterocycles. The van der Waals surface area contributed by atoms with Crippen molar-refractivity contribution >= 4 is 33.5 Å². The van der Waals surface area contributed by atoms with Gasteiger partial charge in [-0.15, -0.1) is 0 Å². The highest BCUT2D eigenvalue weighted by atomic mass is 19.1. The van der Waals surface area contributed by atoms with Crippen molar-refractivity contribution < 1.29 is 13.6 Å². The van der Waals surface area contributed by atoms with Crippen LogP contribution in [0.2, 0.25) is 0 Å². The van der Waals surface area contributed by atoms with E-state index in [1.54, 1.807) is 6.07 Å². The van der Waals surface area contributed by atoms with E-state index >= 15 is 0 Å². The molecule has 1 atom stereocenters. The predicted octanol–water partition coefficient (Wildman–Crippen LogP) is 3.74. The van der Waals surface area contributed by atoms with E-state index in [4.69, 9.17) is 0 Å². The van der Waals surface area contributed by atoms with Crippen LogP contribution in [-0.2, 0) is 0 Å². The van der Waals surface area contributed by atoms with Gasteiger partial charge >= 0.3 is 0 Å². The number of pyridine rings is 1. The Hall–Kier alpha value is -3.33. The van der Waals surface area contributed by atoms with Crippen molar-refractivity contribution in [3.8, 4) is 0 Å². The molecule has 1 saturated heterocycles. The minimum Gasteiger partial charge on any atom is -0.356 e. The van der Waals surface area contributed by atoms with Crippen LogP contribution in [0.15, 0.2) is 30.5 Å². The van der Waals surface area contributed by atoms with Crippen molar-refractivity contribution in [2.24, 2.45) is 0 Å². The Bertz CT molecular complexity index is 1250. The van der Waals surface area contributed by atoms with E-state index in [0.29, 0.717) is 11.7 Å². The summed E-state index contributed by atoms with van der Waals surface area (Å²) in [5.41, 5.74) is 2.69. The smallest absolute Gasteiger partial charge is 0.258 e. The maximum Gasteiger partial charge on any atom is 0.258 e. The third-order valence-electron chi connectivity index (χ3n) is 5.49. The second-order valence-electron chi connectivity index (χ2n) is 7.34. The summed E-state index contributed by atoms with van der Waals surface area (Å²) < 4.78 is 28.1. The number of amides is 1. The van der Waals surface area contributed by atoms with Crippen molar-refractivity contribution in [2.45, 2.75) is 18.9 Å². The molecule has 0 spiro atoms. The third-order valence-corrected chi connectivity index (χ3v) is 5.49. The molecule has 1 aromatic carbocycles. The summed E-state index contributed by atoms with van der Waals surface area (Å²) in [6.45, 7) is 1.06. The van der Waals surface area contributed by atoms with Gasteiger partial charge in [-0.1, -0.05) is 0 Å². The van der Waals surface area contributed by atoms with Gasteiger partial charge in [-0.25, -0.2) is 4.39 Å². The van der Waals surface area contributed by atoms with Crippen LogP contribution >= 0.6 is 0 Å². The zero-order valence-electron chi connectivity index (χ0n) is 15.6. The van der Waals surface area contributed by atoms with E-state index in [1.807, 2.05) is 6.07 Å². The Morgan fingerprint density at radius 3 is 2.97 bits per heavy atom. The van der Waals surface area contributed by atoms with Gasteiger partial charge in [-0.05, 0) is 50.7 Å². The van der Waals surface area contributed by atoms with Crippen molar-refractivity contribution in [3.63, 3.8) is 0 Å². The zero-order chi connectivity index (χ0) is 20.1. The van der Waals surface area contributed by atoms with Crippen LogP contribution in [0.25, 0.3) is 21.9 Å². The van der Waals surface area contributed by atoms with Gasteiger partial charge in [0.15, 0.2) is 5.82 Å². The number of carbonyl (C=O) groups is 1. The Labute approximate surface area is 164 Å². The summed E-state index contributed by atoms with van der Waals surface area (Å²) in [5.74, 6) is -2.27. The van der Waals surface area contributed by atoms with Gasteiger partial charge in [0.2, 0.25) is 5.95 Å². The summed E-state index contributed by atoms with van der Waals surface area (Å²) in [6, 6.07) is 6.68. The van der Waals surface area contributed by atoms with Gasteiger partial charge in [-0.2, -0.15) is 9.49 Å². The largest absolute Gasteiger partial charge is 0.356 e. The minimum atomic E-state index is -0.874. The van der Waals surface area contributed by atoms with Crippen LogP contribution in [0.5, 0.6) is 0 Å². The van der Waals surface area contributed by atoms with Crippen LogP contribution in [0.3, 0.4) is 0 Å². The standard InChI is InChI=1S/C20H18F2N6O/c1-28-6-2-3-16(28)15-8-13-14(25-15)7-10(9-23-13)24-20(29)11-4-5-12-18(17(11)21)26-27-19(12)22/h4-5,7-9,16,25H,2-3,6H2,1H3,(H,24,29)(H,26,27)/t16-/m1/s1. The number of hydrogen-bond donors (Lipinski definition) is 3. The van der Waals surface area contributed by atoms with E-state index in [1.165, 1.54) is 18.3 Å². The second kappa shape index (κ2) is 6.63. The summed E-state index contributed by atoms with van der Waals surface area (Å²) >= 11 is 0. The quantitative estimate of drug-likeness (QED) is 0.492. The molecule has 0 unspecified atom stereocenters. The zero-order valence-corrected chi connectivity index (χ0v) is 15.6. The maximum atomic E-state index is 14.6. The number of benzene rings is 1. The highest BCUT2D eigenvalue weighted by Gasteiger charge is 2.24. The number of rotatable bonds is 3. The van der Waals surface area contributed by atoms with Gasteiger partial charge in [0.1, 0.15) is 5.52 Å². The molecular formula is C20H18F2N6O. The first-order valence-electron chi connectivity index (χ1n) is 9.33. The summed E-state index contributed by atoms with van der Waals surface area (Å²) in [4.78, 5) is 22.6. The Morgan fingerprint density at radius 1 is 1.31 bits per heavy atom. The normalized spacial score (nSPS) is 17.4. The number of likely N-dealkylation sites (tertiary alicyclic amines) is 1. The maximum absolute atomic E-state index is 14.6. The molecule has 1 aliphatic rings. The molecule has 3 aromatic heterocycles. The average molecular weight is 396 g/mol. The lowest BCUT2D eigenvalue weighted by molar-refractivity contribution is 0.102. The fourth-order valence-corrected chi connectivity index (χ4v) is 3.97. The van der Waals surface area contributed by atoms with Crippen LogP contribution in [0.4, 0.5) is 14.5 Å². The number of carbonyl (C=O) groups excluding carboxylic acids is 1. The first-order chi connectivity index (χ1) is 14.0. The van der Waals surface area contributed by atoms with Crippen LogP contribution < -0.4 is 5.32 Å². The van der Waals surface area contributed by atoms with E-state index in [2.05, 4.69) is 37.4 Å². The van der Waals surface area contributed by atoms with Gasteiger partial charge in [-0.3, -0.25) is 19.8 Å². The molecule has 0 saturated carbocycles. The van der Waals surface area contributed by atoms with Gasteiger partial charge in [0, 0.05) is 11.7 Å². The highest BCUT2D eigenvalue weighted by molar-refractivity contribution is 6.06. The summed E-state index contributed by atoms with van der Waals surface area (Å²) in [7, 11) is 2.10. The summed E-state index contributed by atoms with van der Waals surface area (Å²) in [5, 5.41) is 8.30. The Kier molecular flexibility index (Phi) is 4.06. The lowest BCUT2D eigenvalue weighted by atomic mass is 10.1. The monoisotopic (exact) mass is 396 g/mol. The number of H-pyrrole nitrogens is 2. The summed E-state index contributed by atoms with van der Waals surface area (Å²) in [6.07, 6.45) is 3.77. The molecule has 29 heavy (non-hydrogen) atoms. The molecule has 7 nitrogen and oxygen atoms in total. The first kappa shape index (κ1) is 17.7. The second-order valence-corrected chi connectivity index (χ2v) is 7.34. The topological polar surface area (TPSA) is 89.7 Å². The van der Waals surface area contributed by atoms with Gasteiger partial charge < -0.3 is 10.3 Å². The van der Waals surface area contributed by atoms with Crippen molar-refractivity contribution in [1.29, 1.82) is 0 Å².